The van der Waals surface area contributed by atoms with Crippen molar-refractivity contribution in [3.05, 3.63) is 66.0 Å². The fourth-order valence-electron chi connectivity index (χ4n) is 4.65. The summed E-state index contributed by atoms with van der Waals surface area (Å²) >= 11 is 0. The molecule has 192 valence electrons. The lowest BCUT2D eigenvalue weighted by atomic mass is 10.0. The molecule has 1 aliphatic carbocycles. The normalized spacial score (nSPS) is 16.8. The summed E-state index contributed by atoms with van der Waals surface area (Å²) in [4.78, 5) is 8.92. The molecule has 0 N–H and O–H groups in total. The Morgan fingerprint density at radius 2 is 1.76 bits per heavy atom. The van der Waals surface area contributed by atoms with Crippen LogP contribution in [0.2, 0.25) is 0 Å². The van der Waals surface area contributed by atoms with Crippen molar-refractivity contribution in [2.75, 3.05) is 19.0 Å². The molecule has 1 saturated heterocycles. The van der Waals surface area contributed by atoms with Crippen molar-refractivity contribution < 1.29 is 26.3 Å². The molecule has 3 aliphatic heterocycles. The minimum Gasteiger partial charge on any atom is -0.377 e. The number of aromatic nitrogens is 3. The van der Waals surface area contributed by atoms with Crippen molar-refractivity contribution in [2.45, 2.75) is 42.8 Å². The molecule has 0 unspecified atom stereocenters. The Kier molecular flexibility index (Phi) is 5.65. The molecule has 6 nitrogen and oxygen atoms in total. The van der Waals surface area contributed by atoms with E-state index in [9.17, 15) is 21.6 Å². The van der Waals surface area contributed by atoms with Gasteiger partial charge in [0, 0.05) is 18.0 Å². The second-order valence-corrected chi connectivity index (χ2v) is 11.9. The van der Waals surface area contributed by atoms with E-state index in [2.05, 4.69) is 22.1 Å². The summed E-state index contributed by atoms with van der Waals surface area (Å²) in [5.74, 6) is 0.458. The number of benzene rings is 1. The van der Waals surface area contributed by atoms with Gasteiger partial charge in [0.05, 0.1) is 52.5 Å². The molecule has 1 aromatic carbocycles. The number of rotatable bonds is 6. The molecule has 10 heteroatoms. The van der Waals surface area contributed by atoms with Gasteiger partial charge in [-0.25, -0.2) is 13.4 Å². The van der Waals surface area contributed by atoms with Crippen LogP contribution in [-0.4, -0.2) is 41.9 Å². The molecular formula is C27H24F3N3O3S. The fourth-order valence-corrected chi connectivity index (χ4v) is 5.72. The standard InChI is InChI=1S/C27H24F3N3O3S/c1-2-37(34,35)25-9-19(18-7-5-17(6-8-18)16-3-4-16)12-31-26(25)23-11-24-22(32-23)10-20(27(28,29)30)13-33(24)21-14-36-15-21/h5-13,16,21H,2-4,14-15H2,1H3. The summed E-state index contributed by atoms with van der Waals surface area (Å²) in [5, 5.41) is 0. The summed E-state index contributed by atoms with van der Waals surface area (Å²) in [6, 6.07) is 12.0. The maximum Gasteiger partial charge on any atom is 0.417 e. The van der Waals surface area contributed by atoms with E-state index in [1.807, 2.05) is 12.1 Å². The van der Waals surface area contributed by atoms with Crippen LogP contribution in [0.25, 0.3) is 33.9 Å². The molecule has 6 rings (SSSR count). The lowest BCUT2D eigenvalue weighted by Gasteiger charge is -2.31. The van der Waals surface area contributed by atoms with Crippen molar-refractivity contribution >= 4 is 9.84 Å². The van der Waals surface area contributed by atoms with Crippen LogP contribution in [0.15, 0.2) is 59.8 Å². The fraction of sp³-hybridized carbons (Fsp3) is 0.333. The maximum absolute atomic E-state index is 13.6. The molecule has 4 heterocycles. The number of ether oxygens (including phenoxy) is 1. The Labute approximate surface area is 212 Å². The van der Waals surface area contributed by atoms with Crippen LogP contribution < -0.4 is 0 Å². The van der Waals surface area contributed by atoms with E-state index in [-0.39, 0.29) is 33.8 Å². The van der Waals surface area contributed by atoms with Crippen molar-refractivity contribution in [3.8, 4) is 33.9 Å². The highest BCUT2D eigenvalue weighted by atomic mass is 32.2. The Morgan fingerprint density at radius 1 is 1.03 bits per heavy atom. The number of fused-ring (bicyclic) bond motifs is 1. The molecule has 0 spiro atoms. The van der Waals surface area contributed by atoms with Gasteiger partial charge in [0.1, 0.15) is 5.69 Å². The summed E-state index contributed by atoms with van der Waals surface area (Å²) in [5.41, 5.74) is 2.87. The molecule has 2 fully saturated rings. The predicted molar refractivity (Wildman–Crippen MR) is 132 cm³/mol. The second kappa shape index (κ2) is 8.66. The van der Waals surface area contributed by atoms with Gasteiger partial charge in [-0.2, -0.15) is 13.2 Å². The molecule has 0 amide bonds. The number of pyridine rings is 2. The molecule has 4 aliphatic rings. The molecule has 1 saturated carbocycles. The zero-order chi connectivity index (χ0) is 25.9. The lowest BCUT2D eigenvalue weighted by Crippen LogP contribution is -2.32. The number of halogens is 3. The van der Waals surface area contributed by atoms with E-state index in [4.69, 9.17) is 4.74 Å². The van der Waals surface area contributed by atoms with E-state index >= 15 is 0 Å². The van der Waals surface area contributed by atoms with Crippen LogP contribution in [0.1, 0.15) is 42.9 Å². The van der Waals surface area contributed by atoms with Crippen molar-refractivity contribution in [1.82, 2.24) is 14.5 Å². The topological polar surface area (TPSA) is 74.1 Å². The summed E-state index contributed by atoms with van der Waals surface area (Å²) in [6.45, 7) is 2.14. The third kappa shape index (κ3) is 4.42. The highest BCUT2D eigenvalue weighted by Crippen LogP contribution is 2.41. The van der Waals surface area contributed by atoms with Crippen LogP contribution in [0.3, 0.4) is 0 Å². The largest absolute Gasteiger partial charge is 0.417 e. The van der Waals surface area contributed by atoms with Crippen LogP contribution in [0.4, 0.5) is 13.2 Å². The minimum atomic E-state index is -4.55. The highest BCUT2D eigenvalue weighted by molar-refractivity contribution is 7.91. The molecular weight excluding hydrogens is 503 g/mol. The third-order valence-corrected chi connectivity index (χ3v) is 8.81. The van der Waals surface area contributed by atoms with Gasteiger partial charge in [0.15, 0.2) is 9.84 Å². The number of sulfone groups is 1. The second-order valence-electron chi connectivity index (χ2n) is 9.61. The van der Waals surface area contributed by atoms with E-state index in [0.717, 1.165) is 17.8 Å². The van der Waals surface area contributed by atoms with Gasteiger partial charge in [-0.3, -0.25) is 4.98 Å². The van der Waals surface area contributed by atoms with Crippen molar-refractivity contribution in [3.63, 3.8) is 0 Å². The van der Waals surface area contributed by atoms with E-state index in [1.54, 1.807) is 25.3 Å². The number of nitrogens with zero attached hydrogens (tertiary/aromatic N) is 3. The number of hydrogen-bond donors (Lipinski definition) is 0. The first kappa shape index (κ1) is 24.1. The van der Waals surface area contributed by atoms with Gasteiger partial charge in [-0.1, -0.05) is 31.2 Å². The molecule has 37 heavy (non-hydrogen) atoms. The van der Waals surface area contributed by atoms with Gasteiger partial charge >= 0.3 is 6.18 Å². The number of alkyl halides is 3. The summed E-state index contributed by atoms with van der Waals surface area (Å²) in [7, 11) is -3.72. The zero-order valence-corrected chi connectivity index (χ0v) is 20.8. The van der Waals surface area contributed by atoms with E-state index in [0.29, 0.717) is 30.4 Å². The van der Waals surface area contributed by atoms with Gasteiger partial charge < -0.3 is 9.30 Å². The lowest BCUT2D eigenvalue weighted by molar-refractivity contribution is -0.138. The molecule has 0 radical (unpaired) electrons. The van der Waals surface area contributed by atoms with Crippen LogP contribution in [0, 0.1) is 0 Å². The number of hydrogen-bond acceptors (Lipinski definition) is 5. The molecule has 0 bridgehead atoms. The van der Waals surface area contributed by atoms with Gasteiger partial charge in [0.25, 0.3) is 0 Å². The smallest absolute Gasteiger partial charge is 0.377 e. The molecule has 0 atom stereocenters. The first-order valence-corrected chi connectivity index (χ1v) is 13.8. The summed E-state index contributed by atoms with van der Waals surface area (Å²) < 4.78 is 73.7. The van der Waals surface area contributed by atoms with Gasteiger partial charge in [0.2, 0.25) is 0 Å². The Morgan fingerprint density at radius 3 is 2.35 bits per heavy atom. The quantitative estimate of drug-likeness (QED) is 0.309. The monoisotopic (exact) mass is 527 g/mol. The predicted octanol–water partition coefficient (Wildman–Crippen LogP) is 5.98. The first-order chi connectivity index (χ1) is 17.6. The third-order valence-electron chi connectivity index (χ3n) is 7.07. The van der Waals surface area contributed by atoms with Crippen molar-refractivity contribution in [1.29, 1.82) is 0 Å². The highest BCUT2D eigenvalue weighted by Gasteiger charge is 2.35. The average molecular weight is 528 g/mol. The molecule has 1 aromatic heterocycles. The SMILES string of the molecule is CCS(=O)(=O)c1cc(-c2ccc(C3CC3)cc2)cnc1-c1cc2n(C3COC3)cc(C(F)(F)F)cc-2n1. The van der Waals surface area contributed by atoms with Crippen molar-refractivity contribution in [2.24, 2.45) is 0 Å². The Bertz CT molecular complexity index is 1550. The minimum absolute atomic E-state index is 0.0103. The Hall–Kier alpha value is -3.24. The maximum atomic E-state index is 13.6. The summed E-state index contributed by atoms with van der Waals surface area (Å²) in [6.07, 6.45) is 0.476. The van der Waals surface area contributed by atoms with Gasteiger partial charge in [-0.15, -0.1) is 0 Å². The van der Waals surface area contributed by atoms with E-state index in [1.165, 1.54) is 23.0 Å². The zero-order valence-electron chi connectivity index (χ0n) is 20.0. The average Bonchev–Trinajstić information content (AvgIpc) is 3.60. The van der Waals surface area contributed by atoms with E-state index < -0.39 is 21.6 Å². The van der Waals surface area contributed by atoms with Crippen LogP contribution in [0.5, 0.6) is 0 Å². The van der Waals surface area contributed by atoms with Gasteiger partial charge in [-0.05, 0) is 48.1 Å². The van der Waals surface area contributed by atoms with Crippen LogP contribution >= 0.6 is 0 Å². The first-order valence-electron chi connectivity index (χ1n) is 12.1. The Balaban J connectivity index is 1.48. The molecule has 2 aromatic rings. The van der Waals surface area contributed by atoms with Crippen LogP contribution in [-0.2, 0) is 20.8 Å².